The molecule has 0 saturated carbocycles. The first-order valence-electron chi connectivity index (χ1n) is 10.4. The van der Waals surface area contributed by atoms with Crippen LogP contribution in [0.5, 0.6) is 17.2 Å². The van der Waals surface area contributed by atoms with Crippen LogP contribution in [0.15, 0.2) is 42.5 Å². The van der Waals surface area contributed by atoms with E-state index in [-0.39, 0.29) is 11.9 Å². The van der Waals surface area contributed by atoms with Gasteiger partial charge in [-0.15, -0.1) is 0 Å². The van der Waals surface area contributed by atoms with E-state index in [4.69, 9.17) is 14.2 Å². The molecule has 1 unspecified atom stereocenters. The highest BCUT2D eigenvalue weighted by atomic mass is 16.5. The number of likely N-dealkylation sites (tertiary alicyclic amines) is 1. The minimum absolute atomic E-state index is 0.0209. The van der Waals surface area contributed by atoms with Gasteiger partial charge in [-0.2, -0.15) is 0 Å². The Bertz CT molecular complexity index is 836. The van der Waals surface area contributed by atoms with Gasteiger partial charge in [-0.25, -0.2) is 0 Å². The molecule has 3 rings (SSSR count). The molecule has 0 bridgehead atoms. The molecule has 6 nitrogen and oxygen atoms in total. The largest absolute Gasteiger partial charge is 0.497 e. The molecule has 6 heteroatoms. The molecule has 2 atom stereocenters. The van der Waals surface area contributed by atoms with Crippen molar-refractivity contribution in [1.82, 2.24) is 4.90 Å². The van der Waals surface area contributed by atoms with Crippen molar-refractivity contribution in [3.05, 3.63) is 53.6 Å². The van der Waals surface area contributed by atoms with Gasteiger partial charge in [0.15, 0.2) is 11.5 Å². The first kappa shape index (κ1) is 22.0. The number of amides is 1. The average molecular weight is 414 g/mol. The van der Waals surface area contributed by atoms with Crippen LogP contribution in [-0.2, 0) is 11.2 Å². The van der Waals surface area contributed by atoms with E-state index in [1.54, 1.807) is 33.5 Å². The standard InChI is InChI=1S/C24H31NO5/c1-28-20-10-7-17(8-11-20)14-24(27)25-13-5-4-6-19(25)16-21(26)18-9-12-22(29-2)23(15-18)30-3/h7-12,15,19,21,26H,4-6,13-14,16H2,1-3H3/t19-,21?/m1/s1. The Kier molecular flexibility index (Phi) is 7.57. The maximum absolute atomic E-state index is 13.0. The van der Waals surface area contributed by atoms with Crippen LogP contribution in [-0.4, -0.2) is 49.8 Å². The molecule has 1 amide bonds. The minimum atomic E-state index is -0.677. The molecule has 0 aromatic heterocycles. The van der Waals surface area contributed by atoms with Gasteiger partial charge in [0.1, 0.15) is 5.75 Å². The highest BCUT2D eigenvalue weighted by Gasteiger charge is 2.29. The van der Waals surface area contributed by atoms with Gasteiger partial charge < -0.3 is 24.2 Å². The van der Waals surface area contributed by atoms with Crippen LogP contribution in [0, 0.1) is 0 Å². The third-order valence-corrected chi connectivity index (χ3v) is 5.75. The quantitative estimate of drug-likeness (QED) is 0.714. The van der Waals surface area contributed by atoms with Gasteiger partial charge in [0.05, 0.1) is 33.9 Å². The van der Waals surface area contributed by atoms with Crippen molar-refractivity contribution >= 4 is 5.91 Å². The Morgan fingerprint density at radius 2 is 1.77 bits per heavy atom. The molecule has 1 N–H and O–H groups in total. The molecular weight excluding hydrogens is 382 g/mol. The second kappa shape index (κ2) is 10.3. The number of hydrogen-bond acceptors (Lipinski definition) is 5. The molecule has 0 aliphatic carbocycles. The van der Waals surface area contributed by atoms with Crippen LogP contribution < -0.4 is 14.2 Å². The fourth-order valence-electron chi connectivity index (χ4n) is 4.05. The summed E-state index contributed by atoms with van der Waals surface area (Å²) in [6.45, 7) is 0.734. The van der Waals surface area contributed by atoms with Gasteiger partial charge in [-0.1, -0.05) is 18.2 Å². The zero-order chi connectivity index (χ0) is 21.5. The van der Waals surface area contributed by atoms with Crippen molar-refractivity contribution in [3.63, 3.8) is 0 Å². The summed E-state index contributed by atoms with van der Waals surface area (Å²) in [4.78, 5) is 15.0. The number of carbonyl (C=O) groups is 1. The first-order valence-corrected chi connectivity index (χ1v) is 10.4. The van der Waals surface area contributed by atoms with Crippen molar-refractivity contribution in [2.75, 3.05) is 27.9 Å². The van der Waals surface area contributed by atoms with E-state index >= 15 is 0 Å². The lowest BCUT2D eigenvalue weighted by atomic mass is 9.93. The van der Waals surface area contributed by atoms with Crippen molar-refractivity contribution in [1.29, 1.82) is 0 Å². The highest BCUT2D eigenvalue weighted by molar-refractivity contribution is 5.79. The minimum Gasteiger partial charge on any atom is -0.497 e. The number of aliphatic hydroxyl groups excluding tert-OH is 1. The number of nitrogens with zero attached hydrogens (tertiary/aromatic N) is 1. The zero-order valence-electron chi connectivity index (χ0n) is 18.0. The summed E-state index contributed by atoms with van der Waals surface area (Å²) in [6, 6.07) is 13.1. The van der Waals surface area contributed by atoms with E-state index in [9.17, 15) is 9.90 Å². The molecule has 1 fully saturated rings. The molecule has 30 heavy (non-hydrogen) atoms. The normalized spacial score (nSPS) is 17.3. The summed E-state index contributed by atoms with van der Waals surface area (Å²) >= 11 is 0. The zero-order valence-corrected chi connectivity index (χ0v) is 18.0. The molecule has 1 aliphatic rings. The smallest absolute Gasteiger partial charge is 0.227 e. The first-order chi connectivity index (χ1) is 14.5. The third-order valence-electron chi connectivity index (χ3n) is 5.75. The summed E-state index contributed by atoms with van der Waals surface area (Å²) in [6.07, 6.45) is 3.15. The maximum atomic E-state index is 13.0. The molecule has 162 valence electrons. The number of ether oxygens (including phenoxy) is 3. The van der Waals surface area contributed by atoms with Crippen molar-refractivity contribution in [2.45, 2.75) is 44.2 Å². The predicted molar refractivity (Wildman–Crippen MR) is 115 cm³/mol. The number of benzene rings is 2. The van der Waals surface area contributed by atoms with Crippen LogP contribution >= 0.6 is 0 Å². The van der Waals surface area contributed by atoms with E-state index in [1.165, 1.54) is 0 Å². The molecular formula is C24H31NO5. The fourth-order valence-corrected chi connectivity index (χ4v) is 4.05. The summed E-state index contributed by atoms with van der Waals surface area (Å²) in [5.41, 5.74) is 1.73. The van der Waals surface area contributed by atoms with E-state index in [0.717, 1.165) is 42.7 Å². The SMILES string of the molecule is COc1ccc(CC(=O)N2CCCC[C@@H]2CC(O)c2ccc(OC)c(OC)c2)cc1. The van der Waals surface area contributed by atoms with Crippen molar-refractivity contribution < 1.29 is 24.1 Å². The Labute approximate surface area is 178 Å². The number of aliphatic hydroxyl groups is 1. The molecule has 1 heterocycles. The van der Waals surface area contributed by atoms with Crippen LogP contribution in [0.3, 0.4) is 0 Å². The number of piperidine rings is 1. The Hall–Kier alpha value is -2.73. The molecule has 1 saturated heterocycles. The molecule has 0 spiro atoms. The highest BCUT2D eigenvalue weighted by Crippen LogP contribution is 2.33. The monoisotopic (exact) mass is 413 g/mol. The summed E-state index contributed by atoms with van der Waals surface area (Å²) in [5.74, 6) is 2.09. The van der Waals surface area contributed by atoms with Gasteiger partial charge in [-0.05, 0) is 61.1 Å². The maximum Gasteiger partial charge on any atom is 0.227 e. The van der Waals surface area contributed by atoms with Crippen molar-refractivity contribution in [2.24, 2.45) is 0 Å². The van der Waals surface area contributed by atoms with Gasteiger partial charge in [0, 0.05) is 12.6 Å². The lowest BCUT2D eigenvalue weighted by Crippen LogP contribution is -2.45. The van der Waals surface area contributed by atoms with E-state index in [1.807, 2.05) is 35.2 Å². The fraction of sp³-hybridized carbons (Fsp3) is 0.458. The van der Waals surface area contributed by atoms with E-state index < -0.39 is 6.10 Å². The second-order valence-corrected chi connectivity index (χ2v) is 7.63. The summed E-state index contributed by atoms with van der Waals surface area (Å²) < 4.78 is 15.8. The second-order valence-electron chi connectivity index (χ2n) is 7.63. The number of rotatable bonds is 8. The summed E-state index contributed by atoms with van der Waals surface area (Å²) in [7, 11) is 4.79. The van der Waals surface area contributed by atoms with Crippen LogP contribution in [0.2, 0.25) is 0 Å². The van der Waals surface area contributed by atoms with E-state index in [2.05, 4.69) is 0 Å². The predicted octanol–water partition coefficient (Wildman–Crippen LogP) is 3.76. The molecule has 2 aromatic rings. The Balaban J connectivity index is 1.68. The lowest BCUT2D eigenvalue weighted by Gasteiger charge is -2.37. The lowest BCUT2D eigenvalue weighted by molar-refractivity contribution is -0.134. The third kappa shape index (κ3) is 5.25. The van der Waals surface area contributed by atoms with Crippen LogP contribution in [0.4, 0.5) is 0 Å². The van der Waals surface area contributed by atoms with Gasteiger partial charge in [-0.3, -0.25) is 4.79 Å². The molecule has 0 radical (unpaired) electrons. The topological polar surface area (TPSA) is 68.2 Å². The van der Waals surface area contributed by atoms with Crippen molar-refractivity contribution in [3.8, 4) is 17.2 Å². The van der Waals surface area contributed by atoms with E-state index in [0.29, 0.717) is 24.3 Å². The number of hydrogen-bond donors (Lipinski definition) is 1. The summed E-state index contributed by atoms with van der Waals surface area (Å²) in [5, 5.41) is 10.9. The van der Waals surface area contributed by atoms with Crippen LogP contribution in [0.25, 0.3) is 0 Å². The van der Waals surface area contributed by atoms with Crippen LogP contribution in [0.1, 0.15) is 42.9 Å². The molecule has 2 aromatic carbocycles. The number of methoxy groups -OCH3 is 3. The van der Waals surface area contributed by atoms with Gasteiger partial charge >= 0.3 is 0 Å². The Morgan fingerprint density at radius 3 is 2.43 bits per heavy atom. The Morgan fingerprint density at radius 1 is 1.03 bits per heavy atom. The number of carbonyl (C=O) groups excluding carboxylic acids is 1. The molecule has 1 aliphatic heterocycles. The van der Waals surface area contributed by atoms with Gasteiger partial charge in [0.25, 0.3) is 0 Å². The van der Waals surface area contributed by atoms with Gasteiger partial charge in [0.2, 0.25) is 5.91 Å². The average Bonchev–Trinajstić information content (AvgIpc) is 2.79.